The molecule has 106 valence electrons. The molecule has 0 atom stereocenters. The summed E-state index contributed by atoms with van der Waals surface area (Å²) in [6.45, 7) is 4.43. The Bertz CT molecular complexity index is 588. The molecule has 0 aliphatic carbocycles. The van der Waals surface area contributed by atoms with Gasteiger partial charge in [0.1, 0.15) is 23.3 Å². The zero-order chi connectivity index (χ0) is 14.5. The molecule has 1 aromatic carbocycles. The van der Waals surface area contributed by atoms with Crippen molar-refractivity contribution in [1.29, 1.82) is 0 Å². The van der Waals surface area contributed by atoms with Gasteiger partial charge in [0.25, 0.3) is 0 Å². The number of rotatable bonds is 5. The first-order chi connectivity index (χ1) is 9.58. The Morgan fingerprint density at radius 2 is 2.00 bits per heavy atom. The van der Waals surface area contributed by atoms with E-state index in [4.69, 9.17) is 21.1 Å². The summed E-state index contributed by atoms with van der Waals surface area (Å²) < 4.78 is 10.8. The third-order valence-electron chi connectivity index (χ3n) is 2.73. The third-order valence-corrected chi connectivity index (χ3v) is 2.92. The highest BCUT2D eigenvalue weighted by Gasteiger charge is 2.08. The van der Waals surface area contributed by atoms with E-state index < -0.39 is 0 Å². The van der Waals surface area contributed by atoms with E-state index in [1.54, 1.807) is 13.2 Å². The number of nitrogens with zero attached hydrogens (tertiary/aromatic N) is 2. The van der Waals surface area contributed by atoms with Gasteiger partial charge in [-0.05, 0) is 17.7 Å². The van der Waals surface area contributed by atoms with Crippen LogP contribution in [-0.4, -0.2) is 17.1 Å². The first kappa shape index (κ1) is 14.6. The van der Waals surface area contributed by atoms with Crippen molar-refractivity contribution in [2.45, 2.75) is 26.4 Å². The van der Waals surface area contributed by atoms with E-state index in [9.17, 15) is 0 Å². The van der Waals surface area contributed by atoms with Gasteiger partial charge in [0.2, 0.25) is 5.88 Å². The van der Waals surface area contributed by atoms with Crippen LogP contribution in [0.5, 0.6) is 11.6 Å². The van der Waals surface area contributed by atoms with E-state index >= 15 is 0 Å². The van der Waals surface area contributed by atoms with E-state index in [2.05, 4.69) is 9.97 Å². The Morgan fingerprint density at radius 1 is 1.20 bits per heavy atom. The topological polar surface area (TPSA) is 44.2 Å². The minimum atomic E-state index is 0.202. The maximum absolute atomic E-state index is 5.97. The van der Waals surface area contributed by atoms with E-state index in [-0.39, 0.29) is 5.92 Å². The monoisotopic (exact) mass is 292 g/mol. The van der Waals surface area contributed by atoms with E-state index in [0.717, 1.165) is 11.3 Å². The van der Waals surface area contributed by atoms with Gasteiger partial charge < -0.3 is 9.47 Å². The van der Waals surface area contributed by atoms with E-state index in [1.807, 2.05) is 38.1 Å². The van der Waals surface area contributed by atoms with Crippen LogP contribution in [0.4, 0.5) is 0 Å². The highest BCUT2D eigenvalue weighted by atomic mass is 35.5. The maximum Gasteiger partial charge on any atom is 0.218 e. The van der Waals surface area contributed by atoms with Gasteiger partial charge in [0, 0.05) is 12.0 Å². The minimum absolute atomic E-state index is 0.202. The summed E-state index contributed by atoms with van der Waals surface area (Å²) in [4.78, 5) is 8.51. The van der Waals surface area contributed by atoms with Crippen molar-refractivity contribution < 1.29 is 9.47 Å². The Balaban J connectivity index is 2.10. The molecule has 2 aromatic rings. The summed E-state index contributed by atoms with van der Waals surface area (Å²) >= 11 is 5.97. The van der Waals surface area contributed by atoms with Crippen molar-refractivity contribution in [3.63, 3.8) is 0 Å². The second kappa shape index (κ2) is 6.57. The SMILES string of the molecule is COc1cccc(COc2cc(Cl)nc(C(C)C)n2)c1. The number of methoxy groups -OCH3 is 1. The third kappa shape index (κ3) is 3.84. The molecule has 0 N–H and O–H groups in total. The van der Waals surface area contributed by atoms with Gasteiger partial charge in [-0.3, -0.25) is 0 Å². The molecule has 0 fully saturated rings. The molecule has 0 amide bonds. The fraction of sp³-hybridized carbons (Fsp3) is 0.333. The summed E-state index contributed by atoms with van der Waals surface area (Å²) in [5, 5.41) is 0.393. The lowest BCUT2D eigenvalue weighted by Gasteiger charge is -2.09. The molecule has 0 saturated heterocycles. The molecule has 20 heavy (non-hydrogen) atoms. The van der Waals surface area contributed by atoms with Gasteiger partial charge in [-0.25, -0.2) is 4.98 Å². The van der Waals surface area contributed by atoms with Gasteiger partial charge >= 0.3 is 0 Å². The van der Waals surface area contributed by atoms with E-state index in [1.165, 1.54) is 0 Å². The molecule has 5 heteroatoms. The first-order valence-corrected chi connectivity index (χ1v) is 6.76. The standard InChI is InChI=1S/C15H17ClN2O2/c1-10(2)15-17-13(16)8-14(18-15)20-9-11-5-4-6-12(7-11)19-3/h4-8,10H,9H2,1-3H3. The number of aromatic nitrogens is 2. The van der Waals surface area contributed by atoms with Gasteiger partial charge in [0.15, 0.2) is 0 Å². The lowest BCUT2D eigenvalue weighted by molar-refractivity contribution is 0.291. The molecular formula is C15H17ClN2O2. The van der Waals surface area contributed by atoms with Crippen LogP contribution >= 0.6 is 11.6 Å². The molecule has 0 aliphatic heterocycles. The molecule has 0 aliphatic rings. The average molecular weight is 293 g/mol. The quantitative estimate of drug-likeness (QED) is 0.785. The fourth-order valence-electron chi connectivity index (χ4n) is 1.67. The number of halogens is 1. The summed E-state index contributed by atoms with van der Waals surface area (Å²) in [7, 11) is 1.64. The van der Waals surface area contributed by atoms with Gasteiger partial charge in [-0.15, -0.1) is 0 Å². The molecule has 1 heterocycles. The number of hydrogen-bond donors (Lipinski definition) is 0. The molecule has 1 aromatic heterocycles. The molecule has 0 radical (unpaired) electrons. The van der Waals surface area contributed by atoms with Crippen LogP contribution in [0.25, 0.3) is 0 Å². The van der Waals surface area contributed by atoms with Crippen molar-refractivity contribution in [1.82, 2.24) is 9.97 Å². The van der Waals surface area contributed by atoms with Crippen molar-refractivity contribution in [3.8, 4) is 11.6 Å². The van der Waals surface area contributed by atoms with Crippen LogP contribution in [0.3, 0.4) is 0 Å². The predicted octanol–water partition coefficient (Wildman–Crippen LogP) is 3.84. The average Bonchev–Trinajstić information content (AvgIpc) is 2.44. The number of hydrogen-bond acceptors (Lipinski definition) is 4. The highest BCUT2D eigenvalue weighted by molar-refractivity contribution is 6.29. The second-order valence-corrected chi connectivity index (χ2v) is 5.07. The lowest BCUT2D eigenvalue weighted by Crippen LogP contribution is -2.03. The predicted molar refractivity (Wildman–Crippen MR) is 78.5 cm³/mol. The molecule has 4 nitrogen and oxygen atoms in total. The highest BCUT2D eigenvalue weighted by Crippen LogP contribution is 2.20. The van der Waals surface area contributed by atoms with Crippen LogP contribution in [-0.2, 0) is 6.61 Å². The second-order valence-electron chi connectivity index (χ2n) is 4.68. The first-order valence-electron chi connectivity index (χ1n) is 6.38. The normalized spacial score (nSPS) is 10.7. The van der Waals surface area contributed by atoms with Crippen molar-refractivity contribution >= 4 is 11.6 Å². The maximum atomic E-state index is 5.97. The molecule has 2 rings (SSSR count). The smallest absolute Gasteiger partial charge is 0.218 e. The molecular weight excluding hydrogens is 276 g/mol. The van der Waals surface area contributed by atoms with E-state index in [0.29, 0.717) is 23.5 Å². The largest absolute Gasteiger partial charge is 0.497 e. The van der Waals surface area contributed by atoms with Crippen LogP contribution in [0.15, 0.2) is 30.3 Å². The van der Waals surface area contributed by atoms with Gasteiger partial charge in [0.05, 0.1) is 7.11 Å². The summed E-state index contributed by atoms with van der Waals surface area (Å²) in [5.41, 5.74) is 1.00. The van der Waals surface area contributed by atoms with Crippen molar-refractivity contribution in [2.24, 2.45) is 0 Å². The Morgan fingerprint density at radius 3 is 2.70 bits per heavy atom. The van der Waals surface area contributed by atoms with Crippen LogP contribution in [0.1, 0.15) is 31.2 Å². The molecule has 0 unspecified atom stereocenters. The van der Waals surface area contributed by atoms with Gasteiger partial charge in [-0.1, -0.05) is 37.6 Å². The van der Waals surface area contributed by atoms with Crippen molar-refractivity contribution in [3.05, 3.63) is 46.9 Å². The van der Waals surface area contributed by atoms with Crippen LogP contribution in [0.2, 0.25) is 5.15 Å². The number of ether oxygens (including phenoxy) is 2. The molecule has 0 saturated carbocycles. The lowest BCUT2D eigenvalue weighted by atomic mass is 10.2. The van der Waals surface area contributed by atoms with Crippen LogP contribution < -0.4 is 9.47 Å². The molecule has 0 spiro atoms. The Hall–Kier alpha value is -1.81. The van der Waals surface area contributed by atoms with Crippen LogP contribution in [0, 0.1) is 0 Å². The molecule has 0 bridgehead atoms. The zero-order valence-corrected chi connectivity index (χ0v) is 12.5. The zero-order valence-electron chi connectivity index (χ0n) is 11.8. The Labute approximate surface area is 123 Å². The van der Waals surface area contributed by atoms with Gasteiger partial charge in [-0.2, -0.15) is 4.98 Å². The summed E-state index contributed by atoms with van der Waals surface area (Å²) in [6, 6.07) is 9.32. The Kier molecular flexibility index (Phi) is 4.79. The van der Waals surface area contributed by atoms with Crippen molar-refractivity contribution in [2.75, 3.05) is 7.11 Å². The number of benzene rings is 1. The summed E-state index contributed by atoms with van der Waals surface area (Å²) in [6.07, 6.45) is 0. The minimum Gasteiger partial charge on any atom is -0.497 e. The fourth-order valence-corrected chi connectivity index (χ4v) is 1.85. The summed E-state index contributed by atoms with van der Waals surface area (Å²) in [5.74, 6) is 2.16.